The SMILES string of the molecule is C[C@H](CC(=O)O)Oc1cc(C(F)(F)F)cc(C(F)(F)F)c1. The summed E-state index contributed by atoms with van der Waals surface area (Å²) < 4.78 is 80.2. The highest BCUT2D eigenvalue weighted by atomic mass is 19.4. The number of rotatable bonds is 4. The molecule has 0 aliphatic rings. The molecule has 0 spiro atoms. The molecule has 0 amide bonds. The maximum absolute atomic E-state index is 12.6. The molecule has 0 aliphatic carbocycles. The van der Waals surface area contributed by atoms with Gasteiger partial charge in [0, 0.05) is 0 Å². The maximum Gasteiger partial charge on any atom is 0.416 e. The predicted octanol–water partition coefficient (Wildman–Crippen LogP) is 3.97. The van der Waals surface area contributed by atoms with E-state index in [9.17, 15) is 31.1 Å². The molecule has 118 valence electrons. The second-order valence-electron chi connectivity index (χ2n) is 4.27. The van der Waals surface area contributed by atoms with Crippen LogP contribution in [0.3, 0.4) is 0 Å². The highest BCUT2D eigenvalue weighted by Crippen LogP contribution is 2.38. The second kappa shape index (κ2) is 5.82. The van der Waals surface area contributed by atoms with E-state index in [-0.39, 0.29) is 6.07 Å². The highest BCUT2D eigenvalue weighted by Gasteiger charge is 2.37. The largest absolute Gasteiger partial charge is 0.490 e. The van der Waals surface area contributed by atoms with Crippen LogP contribution in [0.25, 0.3) is 0 Å². The molecule has 0 radical (unpaired) electrons. The van der Waals surface area contributed by atoms with Crippen LogP contribution in [0, 0.1) is 0 Å². The summed E-state index contributed by atoms with van der Waals surface area (Å²) in [7, 11) is 0. The fourth-order valence-corrected chi connectivity index (χ4v) is 1.51. The number of carboxylic acids is 1. The van der Waals surface area contributed by atoms with Gasteiger partial charge in [0.25, 0.3) is 0 Å². The van der Waals surface area contributed by atoms with Crippen LogP contribution in [-0.2, 0) is 17.1 Å². The standard InChI is InChI=1S/C12H10F6O3/c1-6(2-10(19)20)21-9-4-7(11(13,14)15)3-8(5-9)12(16,17)18/h3-6H,2H2,1H3,(H,19,20)/t6-/m1/s1. The first-order valence-corrected chi connectivity index (χ1v) is 5.57. The summed E-state index contributed by atoms with van der Waals surface area (Å²) in [6, 6.07) is 0.760. The molecular formula is C12H10F6O3. The molecule has 1 rings (SSSR count). The number of carboxylic acid groups (broad SMARTS) is 1. The smallest absolute Gasteiger partial charge is 0.416 e. The Labute approximate surface area is 115 Å². The Hall–Kier alpha value is -1.93. The van der Waals surface area contributed by atoms with Crippen LogP contribution in [0.5, 0.6) is 5.75 Å². The Balaban J connectivity index is 3.17. The number of halogens is 6. The molecule has 0 saturated carbocycles. The van der Waals surface area contributed by atoms with Crippen LogP contribution >= 0.6 is 0 Å². The Morgan fingerprint density at radius 2 is 1.52 bits per heavy atom. The van der Waals surface area contributed by atoms with Crippen molar-refractivity contribution in [2.24, 2.45) is 0 Å². The first-order chi connectivity index (χ1) is 9.39. The minimum atomic E-state index is -4.98. The Bertz CT molecular complexity index is 488. The van der Waals surface area contributed by atoms with Crippen molar-refractivity contribution in [2.75, 3.05) is 0 Å². The summed E-state index contributed by atoms with van der Waals surface area (Å²) in [6.07, 6.45) is -11.6. The fourth-order valence-electron chi connectivity index (χ4n) is 1.51. The molecule has 3 nitrogen and oxygen atoms in total. The third kappa shape index (κ3) is 5.16. The summed E-state index contributed by atoms with van der Waals surface area (Å²) >= 11 is 0. The summed E-state index contributed by atoms with van der Waals surface area (Å²) in [5.41, 5.74) is -3.04. The number of hydrogen-bond acceptors (Lipinski definition) is 2. The molecule has 0 aliphatic heterocycles. The Morgan fingerprint density at radius 1 is 1.10 bits per heavy atom. The molecule has 0 heterocycles. The van der Waals surface area contributed by atoms with Gasteiger partial charge in [-0.25, -0.2) is 0 Å². The second-order valence-corrected chi connectivity index (χ2v) is 4.27. The molecule has 1 aromatic carbocycles. The topological polar surface area (TPSA) is 46.5 Å². The van der Waals surface area contributed by atoms with Gasteiger partial charge in [-0.2, -0.15) is 26.3 Å². The van der Waals surface area contributed by atoms with Crippen LogP contribution in [0.15, 0.2) is 18.2 Å². The number of aliphatic carboxylic acids is 1. The van der Waals surface area contributed by atoms with Gasteiger partial charge >= 0.3 is 18.3 Å². The molecule has 0 unspecified atom stereocenters. The van der Waals surface area contributed by atoms with Crippen molar-refractivity contribution in [2.45, 2.75) is 31.8 Å². The lowest BCUT2D eigenvalue weighted by molar-refractivity contribution is -0.144. The average Bonchev–Trinajstić information content (AvgIpc) is 2.24. The predicted molar refractivity (Wildman–Crippen MR) is 58.8 cm³/mol. The van der Waals surface area contributed by atoms with Crippen molar-refractivity contribution in [1.82, 2.24) is 0 Å². The average molecular weight is 316 g/mol. The number of carbonyl (C=O) groups is 1. The first-order valence-electron chi connectivity index (χ1n) is 5.57. The van der Waals surface area contributed by atoms with Gasteiger partial charge in [-0.1, -0.05) is 0 Å². The van der Waals surface area contributed by atoms with E-state index in [1.54, 1.807) is 0 Å². The number of hydrogen-bond donors (Lipinski definition) is 1. The number of benzene rings is 1. The normalized spacial score (nSPS) is 13.9. The zero-order chi connectivity index (χ0) is 16.4. The van der Waals surface area contributed by atoms with Crippen molar-refractivity contribution in [3.63, 3.8) is 0 Å². The van der Waals surface area contributed by atoms with E-state index >= 15 is 0 Å². The maximum atomic E-state index is 12.6. The fraction of sp³-hybridized carbons (Fsp3) is 0.417. The number of ether oxygens (including phenoxy) is 1. The van der Waals surface area contributed by atoms with E-state index in [0.717, 1.165) is 0 Å². The van der Waals surface area contributed by atoms with Crippen molar-refractivity contribution < 1.29 is 41.0 Å². The molecule has 21 heavy (non-hydrogen) atoms. The van der Waals surface area contributed by atoms with Crippen molar-refractivity contribution >= 4 is 5.97 Å². The summed E-state index contributed by atoms with van der Waals surface area (Å²) in [5, 5.41) is 8.49. The zero-order valence-corrected chi connectivity index (χ0v) is 10.5. The van der Waals surface area contributed by atoms with Gasteiger partial charge in [-0.15, -0.1) is 0 Å². The minimum Gasteiger partial charge on any atom is -0.490 e. The summed E-state index contributed by atoms with van der Waals surface area (Å²) in [6.45, 7) is 1.22. The van der Waals surface area contributed by atoms with E-state index in [1.807, 2.05) is 0 Å². The van der Waals surface area contributed by atoms with Crippen LogP contribution in [0.4, 0.5) is 26.3 Å². The summed E-state index contributed by atoms with van der Waals surface area (Å²) in [4.78, 5) is 10.4. The van der Waals surface area contributed by atoms with E-state index in [0.29, 0.717) is 12.1 Å². The highest BCUT2D eigenvalue weighted by molar-refractivity contribution is 5.67. The van der Waals surface area contributed by atoms with E-state index < -0.39 is 47.7 Å². The van der Waals surface area contributed by atoms with Crippen molar-refractivity contribution in [3.8, 4) is 5.75 Å². The van der Waals surface area contributed by atoms with Crippen LogP contribution in [0.1, 0.15) is 24.5 Å². The molecule has 0 saturated heterocycles. The molecular weight excluding hydrogens is 306 g/mol. The van der Waals surface area contributed by atoms with Gasteiger partial charge in [0.15, 0.2) is 0 Å². The van der Waals surface area contributed by atoms with Crippen LogP contribution < -0.4 is 4.74 Å². The van der Waals surface area contributed by atoms with Crippen molar-refractivity contribution in [3.05, 3.63) is 29.3 Å². The Morgan fingerprint density at radius 3 is 1.86 bits per heavy atom. The third-order valence-electron chi connectivity index (χ3n) is 2.36. The van der Waals surface area contributed by atoms with Gasteiger partial charge in [0.05, 0.1) is 17.5 Å². The van der Waals surface area contributed by atoms with Gasteiger partial charge in [0.2, 0.25) is 0 Å². The van der Waals surface area contributed by atoms with Crippen molar-refractivity contribution in [1.29, 1.82) is 0 Å². The minimum absolute atomic E-state index is 0.0330. The Kier molecular flexibility index (Phi) is 4.75. The van der Waals surface area contributed by atoms with Crippen LogP contribution in [0.2, 0.25) is 0 Å². The van der Waals surface area contributed by atoms with E-state index in [2.05, 4.69) is 0 Å². The van der Waals surface area contributed by atoms with Gasteiger partial charge in [-0.3, -0.25) is 4.79 Å². The molecule has 9 heteroatoms. The van der Waals surface area contributed by atoms with Gasteiger partial charge < -0.3 is 9.84 Å². The summed E-state index contributed by atoms with van der Waals surface area (Å²) in [5.74, 6) is -1.98. The lowest BCUT2D eigenvalue weighted by atomic mass is 10.1. The van der Waals surface area contributed by atoms with Gasteiger partial charge in [0.1, 0.15) is 11.9 Å². The zero-order valence-electron chi connectivity index (χ0n) is 10.5. The lowest BCUT2D eigenvalue weighted by Gasteiger charge is -2.17. The number of alkyl halides is 6. The molecule has 0 bridgehead atoms. The van der Waals surface area contributed by atoms with Gasteiger partial charge in [-0.05, 0) is 25.1 Å². The quantitative estimate of drug-likeness (QED) is 0.855. The molecule has 1 atom stereocenters. The monoisotopic (exact) mass is 316 g/mol. The molecule has 1 N–H and O–H groups in total. The molecule has 0 fully saturated rings. The van der Waals surface area contributed by atoms with E-state index in [4.69, 9.17) is 9.84 Å². The third-order valence-corrected chi connectivity index (χ3v) is 2.36. The lowest BCUT2D eigenvalue weighted by Crippen LogP contribution is -2.18. The first kappa shape index (κ1) is 17.1. The van der Waals surface area contributed by atoms with Crippen LogP contribution in [-0.4, -0.2) is 17.2 Å². The molecule has 0 aromatic heterocycles. The molecule has 1 aromatic rings. The van der Waals surface area contributed by atoms with E-state index in [1.165, 1.54) is 6.92 Å².